The van der Waals surface area contributed by atoms with Gasteiger partial charge in [0.15, 0.2) is 0 Å². The molecule has 0 aliphatic heterocycles. The number of furan rings is 1. The number of halogens is 1. The molecule has 0 radical (unpaired) electrons. The van der Waals surface area contributed by atoms with Gasteiger partial charge in [-0.2, -0.15) is 0 Å². The lowest BCUT2D eigenvalue weighted by atomic mass is 10.2. The lowest BCUT2D eigenvalue weighted by Gasteiger charge is -2.22. The Labute approximate surface area is 115 Å². The fraction of sp³-hybridized carbons (Fsp3) is 0.357. The summed E-state index contributed by atoms with van der Waals surface area (Å²) < 4.78 is 6.49. The van der Waals surface area contributed by atoms with E-state index in [0.717, 1.165) is 22.6 Å². The highest BCUT2D eigenvalue weighted by Crippen LogP contribution is 2.33. The van der Waals surface area contributed by atoms with Crippen molar-refractivity contribution in [3.05, 3.63) is 46.5 Å². The summed E-state index contributed by atoms with van der Waals surface area (Å²) in [5, 5.41) is 0. The molecule has 2 aromatic heterocycles. The highest BCUT2D eigenvalue weighted by atomic mass is 79.9. The first-order chi connectivity index (χ1) is 8.74. The van der Waals surface area contributed by atoms with Crippen LogP contribution in [0.2, 0.25) is 0 Å². The maximum Gasteiger partial charge on any atom is 0.129 e. The molecule has 0 N–H and O–H groups in total. The molecule has 1 aliphatic rings. The van der Waals surface area contributed by atoms with Gasteiger partial charge < -0.3 is 9.32 Å². The van der Waals surface area contributed by atoms with Gasteiger partial charge in [0.2, 0.25) is 0 Å². The van der Waals surface area contributed by atoms with Crippen LogP contribution in [-0.2, 0) is 6.54 Å². The van der Waals surface area contributed by atoms with Crippen molar-refractivity contribution in [2.24, 2.45) is 0 Å². The molecule has 0 amide bonds. The van der Waals surface area contributed by atoms with Crippen molar-refractivity contribution in [1.29, 1.82) is 0 Å². The maximum atomic E-state index is 5.44. The quantitative estimate of drug-likeness (QED) is 0.857. The number of hydrogen-bond donors (Lipinski definition) is 0. The molecule has 0 aromatic carbocycles. The summed E-state index contributed by atoms with van der Waals surface area (Å²) >= 11 is 3.49. The van der Waals surface area contributed by atoms with Crippen LogP contribution in [0.5, 0.6) is 0 Å². The normalized spacial score (nSPS) is 14.8. The summed E-state index contributed by atoms with van der Waals surface area (Å²) in [5.74, 6) is 2.03. The predicted molar refractivity (Wildman–Crippen MR) is 74.6 cm³/mol. The summed E-state index contributed by atoms with van der Waals surface area (Å²) in [4.78, 5) is 6.85. The molecule has 94 valence electrons. The Morgan fingerprint density at radius 3 is 2.94 bits per heavy atom. The Morgan fingerprint density at radius 1 is 1.50 bits per heavy atom. The molecule has 0 bridgehead atoms. The number of anilines is 1. The molecule has 2 aromatic rings. The van der Waals surface area contributed by atoms with Crippen molar-refractivity contribution in [3.63, 3.8) is 0 Å². The fourth-order valence-electron chi connectivity index (χ4n) is 2.04. The van der Waals surface area contributed by atoms with Crippen molar-refractivity contribution < 1.29 is 4.42 Å². The van der Waals surface area contributed by atoms with Gasteiger partial charge in [0.1, 0.15) is 11.6 Å². The zero-order valence-corrected chi connectivity index (χ0v) is 11.9. The lowest BCUT2D eigenvalue weighted by Crippen LogP contribution is -2.25. The van der Waals surface area contributed by atoms with Gasteiger partial charge >= 0.3 is 0 Å². The van der Waals surface area contributed by atoms with Crippen LogP contribution in [0.15, 0.2) is 39.5 Å². The van der Waals surface area contributed by atoms with Gasteiger partial charge in [-0.25, -0.2) is 4.98 Å². The van der Waals surface area contributed by atoms with E-state index in [0.29, 0.717) is 6.04 Å². The first-order valence-corrected chi connectivity index (χ1v) is 6.94. The third kappa shape index (κ3) is 2.43. The van der Waals surface area contributed by atoms with Crippen LogP contribution in [0.25, 0.3) is 0 Å². The molecule has 4 heteroatoms. The number of rotatable bonds is 4. The predicted octanol–water partition coefficient (Wildman–Crippen LogP) is 3.91. The number of pyridine rings is 1. The Balaban J connectivity index is 1.86. The first-order valence-electron chi connectivity index (χ1n) is 6.15. The molecule has 1 aliphatic carbocycles. The Kier molecular flexibility index (Phi) is 3.12. The van der Waals surface area contributed by atoms with E-state index >= 15 is 0 Å². The van der Waals surface area contributed by atoms with E-state index in [9.17, 15) is 0 Å². The summed E-state index contributed by atoms with van der Waals surface area (Å²) in [6, 6.07) is 6.69. The van der Waals surface area contributed by atoms with Crippen molar-refractivity contribution in [2.45, 2.75) is 32.4 Å². The first kappa shape index (κ1) is 11.8. The highest BCUT2D eigenvalue weighted by molar-refractivity contribution is 9.10. The standard InChI is InChI=1S/C14H15BrN2O/c1-10-7-14(16-8-13(10)15)17(11-4-5-11)9-12-3-2-6-18-12/h2-3,6-8,11H,4-5,9H2,1H3. The van der Waals surface area contributed by atoms with E-state index in [1.165, 1.54) is 18.4 Å². The largest absolute Gasteiger partial charge is 0.467 e. The topological polar surface area (TPSA) is 29.3 Å². The second kappa shape index (κ2) is 4.76. The van der Waals surface area contributed by atoms with Crippen LogP contribution < -0.4 is 4.90 Å². The van der Waals surface area contributed by atoms with Gasteiger partial charge in [-0.05, 0) is 59.5 Å². The summed E-state index contributed by atoms with van der Waals surface area (Å²) in [7, 11) is 0. The van der Waals surface area contributed by atoms with Gasteiger partial charge in [-0.3, -0.25) is 0 Å². The summed E-state index contributed by atoms with van der Waals surface area (Å²) in [6.45, 7) is 2.89. The number of aromatic nitrogens is 1. The molecule has 3 nitrogen and oxygen atoms in total. The molecule has 0 atom stereocenters. The minimum absolute atomic E-state index is 0.614. The molecule has 18 heavy (non-hydrogen) atoms. The second-order valence-corrected chi connectivity index (χ2v) is 5.58. The molecule has 0 spiro atoms. The third-order valence-corrected chi connectivity index (χ3v) is 4.05. The molecule has 1 saturated carbocycles. The number of hydrogen-bond acceptors (Lipinski definition) is 3. The average Bonchev–Trinajstić information content (AvgIpc) is 3.07. The average molecular weight is 307 g/mol. The fourth-order valence-corrected chi connectivity index (χ4v) is 2.25. The van der Waals surface area contributed by atoms with Gasteiger partial charge in [-0.1, -0.05) is 0 Å². The van der Waals surface area contributed by atoms with Crippen LogP contribution in [0, 0.1) is 6.92 Å². The smallest absolute Gasteiger partial charge is 0.129 e. The Bertz CT molecular complexity index is 535. The minimum atomic E-state index is 0.614. The minimum Gasteiger partial charge on any atom is -0.467 e. The van der Waals surface area contributed by atoms with Crippen molar-refractivity contribution in [3.8, 4) is 0 Å². The Hall–Kier alpha value is -1.29. The zero-order chi connectivity index (χ0) is 12.5. The summed E-state index contributed by atoms with van der Waals surface area (Å²) in [6.07, 6.45) is 6.10. The van der Waals surface area contributed by atoms with E-state index in [1.807, 2.05) is 18.3 Å². The number of nitrogens with zero attached hydrogens (tertiary/aromatic N) is 2. The van der Waals surface area contributed by atoms with Gasteiger partial charge in [0.25, 0.3) is 0 Å². The van der Waals surface area contributed by atoms with E-state index in [-0.39, 0.29) is 0 Å². The maximum absolute atomic E-state index is 5.44. The highest BCUT2D eigenvalue weighted by Gasteiger charge is 2.30. The van der Waals surface area contributed by atoms with E-state index in [1.54, 1.807) is 6.26 Å². The van der Waals surface area contributed by atoms with Crippen molar-refractivity contribution in [2.75, 3.05) is 4.90 Å². The molecule has 0 unspecified atom stereocenters. The van der Waals surface area contributed by atoms with Crippen LogP contribution in [-0.4, -0.2) is 11.0 Å². The third-order valence-electron chi connectivity index (χ3n) is 3.22. The molecule has 3 rings (SSSR count). The summed E-state index contributed by atoms with van der Waals surface area (Å²) in [5.41, 5.74) is 1.21. The van der Waals surface area contributed by atoms with Crippen molar-refractivity contribution >= 4 is 21.7 Å². The zero-order valence-electron chi connectivity index (χ0n) is 10.3. The second-order valence-electron chi connectivity index (χ2n) is 4.73. The SMILES string of the molecule is Cc1cc(N(Cc2ccco2)C2CC2)ncc1Br. The van der Waals surface area contributed by atoms with Crippen molar-refractivity contribution in [1.82, 2.24) is 4.98 Å². The van der Waals surface area contributed by atoms with Gasteiger partial charge in [-0.15, -0.1) is 0 Å². The molecule has 1 fully saturated rings. The van der Waals surface area contributed by atoms with Crippen LogP contribution >= 0.6 is 15.9 Å². The monoisotopic (exact) mass is 306 g/mol. The Morgan fingerprint density at radius 2 is 2.33 bits per heavy atom. The molecule has 0 saturated heterocycles. The van der Waals surface area contributed by atoms with Crippen LogP contribution in [0.4, 0.5) is 5.82 Å². The van der Waals surface area contributed by atoms with E-state index in [4.69, 9.17) is 4.42 Å². The molecular weight excluding hydrogens is 292 g/mol. The molecule has 2 heterocycles. The van der Waals surface area contributed by atoms with E-state index in [2.05, 4.69) is 38.8 Å². The van der Waals surface area contributed by atoms with Gasteiger partial charge in [0.05, 0.1) is 12.8 Å². The van der Waals surface area contributed by atoms with Crippen LogP contribution in [0.3, 0.4) is 0 Å². The van der Waals surface area contributed by atoms with E-state index < -0.39 is 0 Å². The number of aryl methyl sites for hydroxylation is 1. The van der Waals surface area contributed by atoms with Crippen LogP contribution in [0.1, 0.15) is 24.2 Å². The van der Waals surface area contributed by atoms with Gasteiger partial charge in [0, 0.05) is 16.7 Å². The molecular formula is C14H15BrN2O. The lowest BCUT2D eigenvalue weighted by molar-refractivity contribution is 0.500.